The number of ether oxygens (including phenoxy) is 1. The summed E-state index contributed by atoms with van der Waals surface area (Å²) in [4.78, 5) is 0. The van der Waals surface area contributed by atoms with Crippen molar-refractivity contribution in [2.24, 2.45) is 17.3 Å². The molecular weight excluding hydrogens is 234 g/mol. The van der Waals surface area contributed by atoms with E-state index in [-0.39, 0.29) is 0 Å². The molecule has 114 valence electrons. The van der Waals surface area contributed by atoms with Crippen LogP contribution in [0.5, 0.6) is 0 Å². The summed E-state index contributed by atoms with van der Waals surface area (Å²) in [5, 5.41) is 3.45. The van der Waals surface area contributed by atoms with Crippen LogP contribution < -0.4 is 5.32 Å². The third-order valence-corrected chi connectivity index (χ3v) is 5.40. The highest BCUT2D eigenvalue weighted by Gasteiger charge is 2.38. The van der Waals surface area contributed by atoms with Gasteiger partial charge in [-0.2, -0.15) is 0 Å². The van der Waals surface area contributed by atoms with Crippen LogP contribution in [0.3, 0.4) is 0 Å². The fourth-order valence-corrected chi connectivity index (χ4v) is 3.83. The first kappa shape index (κ1) is 17.0. The van der Waals surface area contributed by atoms with Crippen LogP contribution in [0.2, 0.25) is 0 Å². The predicted molar refractivity (Wildman–Crippen MR) is 83.5 cm³/mol. The smallest absolute Gasteiger partial charge is 0.0465 e. The zero-order valence-electron chi connectivity index (χ0n) is 13.6. The van der Waals surface area contributed by atoms with Crippen LogP contribution in [0.1, 0.15) is 65.2 Å². The fraction of sp³-hybridized carbons (Fsp3) is 1.00. The summed E-state index contributed by atoms with van der Waals surface area (Å²) >= 11 is 0. The first-order valence-electron chi connectivity index (χ1n) is 8.32. The van der Waals surface area contributed by atoms with E-state index in [1.54, 1.807) is 0 Å². The molecule has 1 aliphatic carbocycles. The second kappa shape index (κ2) is 8.97. The second-order valence-electron chi connectivity index (χ2n) is 6.66. The number of hydrogen-bond donors (Lipinski definition) is 1. The van der Waals surface area contributed by atoms with Gasteiger partial charge in [0.2, 0.25) is 0 Å². The summed E-state index contributed by atoms with van der Waals surface area (Å²) < 4.78 is 5.28. The Bertz CT molecular complexity index is 221. The van der Waals surface area contributed by atoms with Crippen molar-refractivity contribution in [1.82, 2.24) is 5.32 Å². The average molecular weight is 269 g/mol. The van der Waals surface area contributed by atoms with Crippen LogP contribution in [0.15, 0.2) is 0 Å². The lowest BCUT2D eigenvalue weighted by Crippen LogP contribution is -2.41. The summed E-state index contributed by atoms with van der Waals surface area (Å²) in [5.41, 5.74) is 0.524. The van der Waals surface area contributed by atoms with Crippen LogP contribution in [0.4, 0.5) is 0 Å². The number of hydrogen-bond acceptors (Lipinski definition) is 2. The SMILES string of the molecule is CCCCC1CCC(CNC)(C(C)CCOC)CC1. The molecule has 1 N–H and O–H groups in total. The predicted octanol–water partition coefficient (Wildman–Crippen LogP) is 4.25. The van der Waals surface area contributed by atoms with E-state index in [4.69, 9.17) is 4.74 Å². The fourth-order valence-electron chi connectivity index (χ4n) is 3.83. The van der Waals surface area contributed by atoms with Gasteiger partial charge < -0.3 is 10.1 Å². The Morgan fingerprint density at radius 3 is 2.53 bits per heavy atom. The molecule has 0 aromatic carbocycles. The number of rotatable bonds is 9. The third-order valence-electron chi connectivity index (χ3n) is 5.40. The summed E-state index contributed by atoms with van der Waals surface area (Å²) in [6.45, 7) is 6.83. The van der Waals surface area contributed by atoms with E-state index in [1.807, 2.05) is 7.11 Å². The normalized spacial score (nSPS) is 29.4. The summed E-state index contributed by atoms with van der Waals surface area (Å²) in [7, 11) is 3.92. The number of nitrogens with one attached hydrogen (secondary N) is 1. The van der Waals surface area contributed by atoms with Crippen LogP contribution in [-0.4, -0.2) is 27.3 Å². The molecule has 0 aliphatic heterocycles. The van der Waals surface area contributed by atoms with Crippen molar-refractivity contribution in [2.45, 2.75) is 65.2 Å². The van der Waals surface area contributed by atoms with Gasteiger partial charge in [0, 0.05) is 20.3 Å². The molecule has 2 heteroatoms. The van der Waals surface area contributed by atoms with E-state index in [2.05, 4.69) is 26.2 Å². The maximum absolute atomic E-state index is 5.28. The average Bonchev–Trinajstić information content (AvgIpc) is 2.44. The zero-order chi connectivity index (χ0) is 14.1. The van der Waals surface area contributed by atoms with Crippen LogP contribution in [0, 0.1) is 17.3 Å². The molecule has 1 fully saturated rings. The molecule has 19 heavy (non-hydrogen) atoms. The lowest BCUT2D eigenvalue weighted by Gasteiger charge is -2.45. The maximum Gasteiger partial charge on any atom is 0.0465 e. The van der Waals surface area contributed by atoms with Gasteiger partial charge in [-0.15, -0.1) is 0 Å². The van der Waals surface area contributed by atoms with Crippen molar-refractivity contribution in [3.05, 3.63) is 0 Å². The highest BCUT2D eigenvalue weighted by molar-refractivity contribution is 4.90. The Morgan fingerprint density at radius 1 is 1.32 bits per heavy atom. The Hall–Kier alpha value is -0.0800. The van der Waals surface area contributed by atoms with Crippen molar-refractivity contribution < 1.29 is 4.74 Å². The van der Waals surface area contributed by atoms with Crippen molar-refractivity contribution in [3.63, 3.8) is 0 Å². The molecule has 0 saturated heterocycles. The Balaban J connectivity index is 2.50. The van der Waals surface area contributed by atoms with E-state index < -0.39 is 0 Å². The van der Waals surface area contributed by atoms with E-state index in [0.717, 1.165) is 18.4 Å². The maximum atomic E-state index is 5.28. The highest BCUT2D eigenvalue weighted by atomic mass is 16.5. The lowest BCUT2D eigenvalue weighted by atomic mass is 9.62. The monoisotopic (exact) mass is 269 g/mol. The topological polar surface area (TPSA) is 21.3 Å². The molecule has 0 bridgehead atoms. The standard InChI is InChI=1S/C17H35NO/c1-5-6-7-16-8-11-17(12-9-16,14-18-3)15(2)10-13-19-4/h15-16,18H,5-14H2,1-4H3. The molecule has 0 aromatic rings. The first-order chi connectivity index (χ1) is 9.18. The van der Waals surface area contributed by atoms with E-state index in [1.165, 1.54) is 57.9 Å². The van der Waals surface area contributed by atoms with Gasteiger partial charge in [-0.1, -0.05) is 33.1 Å². The van der Waals surface area contributed by atoms with Gasteiger partial charge in [0.25, 0.3) is 0 Å². The molecule has 1 atom stereocenters. The minimum absolute atomic E-state index is 0.524. The molecule has 1 aliphatic rings. The van der Waals surface area contributed by atoms with Gasteiger partial charge >= 0.3 is 0 Å². The second-order valence-corrected chi connectivity index (χ2v) is 6.66. The van der Waals surface area contributed by atoms with Crippen molar-refractivity contribution >= 4 is 0 Å². The minimum Gasteiger partial charge on any atom is -0.385 e. The molecule has 1 saturated carbocycles. The van der Waals surface area contributed by atoms with Gasteiger partial charge in [0.15, 0.2) is 0 Å². The molecule has 0 heterocycles. The quantitative estimate of drug-likeness (QED) is 0.676. The Labute approximate surface area is 120 Å². The van der Waals surface area contributed by atoms with Crippen LogP contribution >= 0.6 is 0 Å². The van der Waals surface area contributed by atoms with Gasteiger partial charge in [-0.25, -0.2) is 0 Å². The molecule has 1 rings (SSSR count). The minimum atomic E-state index is 0.524. The summed E-state index contributed by atoms with van der Waals surface area (Å²) in [5.74, 6) is 1.77. The molecule has 1 unspecified atom stereocenters. The molecule has 0 aromatic heterocycles. The van der Waals surface area contributed by atoms with Crippen molar-refractivity contribution in [1.29, 1.82) is 0 Å². The van der Waals surface area contributed by atoms with E-state index in [9.17, 15) is 0 Å². The largest absolute Gasteiger partial charge is 0.385 e. The van der Waals surface area contributed by atoms with E-state index in [0.29, 0.717) is 5.41 Å². The summed E-state index contributed by atoms with van der Waals surface area (Å²) in [6.07, 6.45) is 11.1. The van der Waals surface area contributed by atoms with Crippen LogP contribution in [0.25, 0.3) is 0 Å². The van der Waals surface area contributed by atoms with Gasteiger partial charge in [0.1, 0.15) is 0 Å². The third kappa shape index (κ3) is 5.07. The van der Waals surface area contributed by atoms with Crippen molar-refractivity contribution in [3.8, 4) is 0 Å². The zero-order valence-corrected chi connectivity index (χ0v) is 13.6. The Morgan fingerprint density at radius 2 is 2.00 bits per heavy atom. The van der Waals surface area contributed by atoms with E-state index >= 15 is 0 Å². The number of unbranched alkanes of at least 4 members (excludes halogenated alkanes) is 1. The van der Waals surface area contributed by atoms with Gasteiger partial charge in [0.05, 0.1) is 0 Å². The first-order valence-corrected chi connectivity index (χ1v) is 8.32. The molecule has 0 amide bonds. The van der Waals surface area contributed by atoms with Gasteiger partial charge in [-0.3, -0.25) is 0 Å². The van der Waals surface area contributed by atoms with Crippen molar-refractivity contribution in [2.75, 3.05) is 27.3 Å². The molecule has 0 spiro atoms. The summed E-state index contributed by atoms with van der Waals surface area (Å²) in [6, 6.07) is 0. The molecule has 2 nitrogen and oxygen atoms in total. The lowest BCUT2D eigenvalue weighted by molar-refractivity contribution is 0.0567. The Kier molecular flexibility index (Phi) is 8.01. The van der Waals surface area contributed by atoms with Gasteiger partial charge in [-0.05, 0) is 56.4 Å². The highest BCUT2D eigenvalue weighted by Crippen LogP contribution is 2.46. The molecule has 0 radical (unpaired) electrons. The molecular formula is C17H35NO. The number of methoxy groups -OCH3 is 1. The van der Waals surface area contributed by atoms with Crippen LogP contribution in [-0.2, 0) is 4.74 Å².